The normalized spacial score (nSPS) is 15.8. The number of rotatable bonds is 5. The third-order valence-electron chi connectivity index (χ3n) is 4.83. The first-order chi connectivity index (χ1) is 12.3. The molecule has 142 valence electrons. The molecule has 0 radical (unpaired) electrons. The van der Waals surface area contributed by atoms with Crippen LogP contribution in [0.1, 0.15) is 6.92 Å². The predicted octanol–water partition coefficient (Wildman–Crippen LogP) is -0.876. The van der Waals surface area contributed by atoms with Crippen LogP contribution in [-0.2, 0) is 20.6 Å². The van der Waals surface area contributed by atoms with Crippen LogP contribution in [-0.4, -0.2) is 68.0 Å². The van der Waals surface area contributed by atoms with Gasteiger partial charge in [-0.25, -0.2) is 4.79 Å². The summed E-state index contributed by atoms with van der Waals surface area (Å²) in [4.78, 5) is 34.0. The number of anilines is 1. The largest absolute Gasteiger partial charge is 0.395 e. The van der Waals surface area contributed by atoms with Crippen LogP contribution < -0.4 is 16.1 Å². The molecule has 2 aromatic rings. The topological polar surface area (TPSA) is 88.5 Å². The molecule has 1 fully saturated rings. The van der Waals surface area contributed by atoms with Crippen molar-refractivity contribution in [2.24, 2.45) is 14.1 Å². The lowest BCUT2D eigenvalue weighted by atomic mass is 10.3. The second-order valence-corrected chi connectivity index (χ2v) is 6.89. The summed E-state index contributed by atoms with van der Waals surface area (Å²) in [6, 6.07) is 0. The molecule has 0 spiro atoms. The number of hydrogen-bond acceptors (Lipinski definition) is 6. The third-order valence-corrected chi connectivity index (χ3v) is 4.83. The van der Waals surface area contributed by atoms with Crippen LogP contribution in [0.4, 0.5) is 5.95 Å². The van der Waals surface area contributed by atoms with Gasteiger partial charge in [0.1, 0.15) is 0 Å². The van der Waals surface area contributed by atoms with E-state index in [2.05, 4.69) is 21.4 Å². The van der Waals surface area contributed by atoms with Gasteiger partial charge in [-0.3, -0.25) is 18.8 Å². The van der Waals surface area contributed by atoms with Gasteiger partial charge >= 0.3 is 5.69 Å². The average Bonchev–Trinajstić information content (AvgIpc) is 2.98. The fourth-order valence-corrected chi connectivity index (χ4v) is 3.41. The van der Waals surface area contributed by atoms with E-state index in [1.165, 1.54) is 11.6 Å². The Morgan fingerprint density at radius 1 is 1.15 bits per heavy atom. The summed E-state index contributed by atoms with van der Waals surface area (Å²) < 4.78 is 4.39. The Kier molecular flexibility index (Phi) is 5.01. The summed E-state index contributed by atoms with van der Waals surface area (Å²) in [5, 5.41) is 9.10. The first-order valence-corrected chi connectivity index (χ1v) is 8.74. The van der Waals surface area contributed by atoms with E-state index < -0.39 is 0 Å². The highest BCUT2D eigenvalue weighted by molar-refractivity contribution is 5.74. The first-order valence-electron chi connectivity index (χ1n) is 8.74. The van der Waals surface area contributed by atoms with Crippen molar-refractivity contribution in [2.75, 3.05) is 44.2 Å². The van der Waals surface area contributed by atoms with E-state index in [0.717, 1.165) is 36.3 Å². The monoisotopic (exact) mass is 362 g/mol. The fourth-order valence-electron chi connectivity index (χ4n) is 3.41. The SMILES string of the molecule is C=C(C)Cn1c(N2CCN(CCO)CC2)nc2c1c(=O)n(C)c(=O)n2C. The molecule has 9 nitrogen and oxygen atoms in total. The van der Waals surface area contributed by atoms with Crippen LogP contribution in [0.5, 0.6) is 0 Å². The summed E-state index contributed by atoms with van der Waals surface area (Å²) in [5.41, 5.74) is 0.988. The Labute approximate surface area is 151 Å². The van der Waals surface area contributed by atoms with Gasteiger partial charge in [-0.2, -0.15) is 4.98 Å². The molecule has 0 unspecified atom stereocenters. The zero-order chi connectivity index (χ0) is 19.0. The smallest absolute Gasteiger partial charge is 0.332 e. The van der Waals surface area contributed by atoms with Gasteiger partial charge in [0.15, 0.2) is 11.2 Å². The van der Waals surface area contributed by atoms with Gasteiger partial charge in [0.25, 0.3) is 5.56 Å². The highest BCUT2D eigenvalue weighted by Crippen LogP contribution is 2.22. The van der Waals surface area contributed by atoms with Crippen molar-refractivity contribution in [3.05, 3.63) is 33.0 Å². The van der Waals surface area contributed by atoms with Gasteiger partial charge in [0.05, 0.1) is 6.61 Å². The standard InChI is InChI=1S/C17H26N6O3/c1-12(2)11-23-13-14(19(3)17(26)20(4)15(13)25)18-16(23)22-7-5-21(6-8-22)9-10-24/h24H,1,5-11H2,2-4H3. The van der Waals surface area contributed by atoms with Crippen LogP contribution in [0.2, 0.25) is 0 Å². The Morgan fingerprint density at radius 2 is 1.81 bits per heavy atom. The predicted molar refractivity (Wildman–Crippen MR) is 101 cm³/mol. The number of fused-ring (bicyclic) bond motifs is 1. The number of aromatic nitrogens is 4. The van der Waals surface area contributed by atoms with E-state index >= 15 is 0 Å². The molecule has 0 aliphatic carbocycles. The van der Waals surface area contributed by atoms with Crippen LogP contribution in [0.25, 0.3) is 11.2 Å². The van der Waals surface area contributed by atoms with Crippen LogP contribution >= 0.6 is 0 Å². The van der Waals surface area contributed by atoms with Gasteiger partial charge in [-0.05, 0) is 6.92 Å². The van der Waals surface area contributed by atoms with Crippen molar-refractivity contribution >= 4 is 17.1 Å². The highest BCUT2D eigenvalue weighted by atomic mass is 16.3. The number of aliphatic hydroxyl groups is 1. The van der Waals surface area contributed by atoms with E-state index in [-0.39, 0.29) is 17.9 Å². The van der Waals surface area contributed by atoms with E-state index in [1.54, 1.807) is 7.05 Å². The summed E-state index contributed by atoms with van der Waals surface area (Å²) >= 11 is 0. The number of β-amino-alcohol motifs (C(OH)–C–C–N with tert-alkyl or cyclic N) is 1. The lowest BCUT2D eigenvalue weighted by Gasteiger charge is -2.35. The van der Waals surface area contributed by atoms with Crippen LogP contribution in [0, 0.1) is 0 Å². The fraction of sp³-hybridized carbons (Fsp3) is 0.588. The van der Waals surface area contributed by atoms with Gasteiger partial charge in [0, 0.05) is 53.4 Å². The zero-order valence-electron chi connectivity index (χ0n) is 15.6. The van der Waals surface area contributed by atoms with E-state index in [9.17, 15) is 9.59 Å². The van der Waals surface area contributed by atoms with Crippen LogP contribution in [0.15, 0.2) is 21.7 Å². The molecule has 1 N–H and O–H groups in total. The average molecular weight is 362 g/mol. The van der Waals surface area contributed by atoms with Crippen molar-refractivity contribution < 1.29 is 5.11 Å². The Morgan fingerprint density at radius 3 is 2.38 bits per heavy atom. The molecular formula is C17H26N6O3. The number of allylic oxidation sites excluding steroid dienone is 1. The van der Waals surface area contributed by atoms with E-state index in [4.69, 9.17) is 5.11 Å². The second-order valence-electron chi connectivity index (χ2n) is 6.89. The molecule has 1 aliphatic rings. The zero-order valence-corrected chi connectivity index (χ0v) is 15.6. The summed E-state index contributed by atoms with van der Waals surface area (Å²) in [7, 11) is 3.11. The van der Waals surface area contributed by atoms with E-state index in [0.29, 0.717) is 30.2 Å². The van der Waals surface area contributed by atoms with Crippen molar-refractivity contribution in [3.63, 3.8) is 0 Å². The lowest BCUT2D eigenvalue weighted by molar-refractivity contribution is 0.188. The molecule has 0 atom stereocenters. The highest BCUT2D eigenvalue weighted by Gasteiger charge is 2.25. The quantitative estimate of drug-likeness (QED) is 0.696. The summed E-state index contributed by atoms with van der Waals surface area (Å²) in [5.74, 6) is 0.685. The first kappa shape index (κ1) is 18.4. The molecule has 9 heteroatoms. The molecule has 0 bridgehead atoms. The molecule has 1 aliphatic heterocycles. The molecule has 2 aromatic heterocycles. The minimum absolute atomic E-state index is 0.145. The molecule has 26 heavy (non-hydrogen) atoms. The van der Waals surface area contributed by atoms with Crippen molar-refractivity contribution in [1.29, 1.82) is 0 Å². The molecule has 3 rings (SSSR count). The van der Waals surface area contributed by atoms with Gasteiger partial charge in [-0.15, -0.1) is 0 Å². The maximum Gasteiger partial charge on any atom is 0.332 e. The number of nitrogens with zero attached hydrogens (tertiary/aromatic N) is 6. The molecule has 0 amide bonds. The van der Waals surface area contributed by atoms with Crippen molar-refractivity contribution in [2.45, 2.75) is 13.5 Å². The lowest BCUT2D eigenvalue weighted by Crippen LogP contribution is -2.48. The van der Waals surface area contributed by atoms with Crippen molar-refractivity contribution in [3.8, 4) is 0 Å². The number of aliphatic hydroxyl groups excluding tert-OH is 1. The molecule has 0 aromatic carbocycles. The summed E-state index contributed by atoms with van der Waals surface area (Å²) in [6.45, 7) is 10.3. The Hall–Kier alpha value is -2.39. The van der Waals surface area contributed by atoms with Crippen molar-refractivity contribution in [1.82, 2.24) is 23.6 Å². The van der Waals surface area contributed by atoms with Crippen LogP contribution in [0.3, 0.4) is 0 Å². The van der Waals surface area contributed by atoms with Gasteiger partial charge < -0.3 is 14.6 Å². The third kappa shape index (κ3) is 3.08. The second kappa shape index (κ2) is 7.08. The Bertz CT molecular complexity index is 946. The number of piperazine rings is 1. The van der Waals surface area contributed by atoms with E-state index in [1.807, 2.05) is 11.5 Å². The maximum absolute atomic E-state index is 12.7. The Balaban J connectivity index is 2.12. The summed E-state index contributed by atoms with van der Waals surface area (Å²) in [6.07, 6.45) is 0. The van der Waals surface area contributed by atoms with Gasteiger partial charge in [-0.1, -0.05) is 12.2 Å². The molecule has 3 heterocycles. The number of aryl methyl sites for hydroxylation is 1. The number of hydrogen-bond donors (Lipinski definition) is 1. The maximum atomic E-state index is 12.7. The van der Waals surface area contributed by atoms with Gasteiger partial charge in [0.2, 0.25) is 5.95 Å². The minimum Gasteiger partial charge on any atom is -0.395 e. The number of imidazole rings is 1. The molecule has 0 saturated carbocycles. The minimum atomic E-state index is -0.387. The molecular weight excluding hydrogens is 336 g/mol. The molecule has 1 saturated heterocycles.